The lowest BCUT2D eigenvalue weighted by atomic mass is 10.7. The van der Waals surface area contributed by atoms with Gasteiger partial charge in [-0.05, 0) is 15.9 Å². The third-order valence-electron chi connectivity index (χ3n) is 0.893. The Morgan fingerprint density at radius 2 is 2.18 bits per heavy atom. The fourth-order valence-corrected chi connectivity index (χ4v) is 3.49. The van der Waals surface area contributed by atoms with E-state index in [0.717, 1.165) is 11.3 Å². The van der Waals surface area contributed by atoms with Crippen LogP contribution in [0.5, 0.6) is 0 Å². The van der Waals surface area contributed by atoms with Gasteiger partial charge in [-0.3, -0.25) is 4.55 Å². The maximum Gasteiger partial charge on any atom is 0.305 e. The normalized spacial score (nSPS) is 11.9. The first kappa shape index (κ1) is 9.47. The number of halogens is 2. The average molecular weight is 278 g/mol. The Kier molecular flexibility index (Phi) is 2.60. The number of hydrogen-bond donors (Lipinski definition) is 1. The summed E-state index contributed by atoms with van der Waals surface area (Å²) in [5.74, 6) is 0. The van der Waals surface area contributed by atoms with Crippen molar-refractivity contribution in [3.8, 4) is 0 Å². The van der Waals surface area contributed by atoms with Gasteiger partial charge in [0, 0.05) is 5.38 Å². The Hall–Kier alpha value is 0.380. The van der Waals surface area contributed by atoms with E-state index in [4.69, 9.17) is 16.2 Å². The number of hydrogen-bond acceptors (Lipinski definition) is 3. The van der Waals surface area contributed by atoms with Gasteiger partial charge in [-0.15, -0.1) is 11.3 Å². The van der Waals surface area contributed by atoms with Gasteiger partial charge in [0.15, 0.2) is 4.21 Å². The molecule has 11 heavy (non-hydrogen) atoms. The Bertz CT molecular complexity index is 369. The summed E-state index contributed by atoms with van der Waals surface area (Å²) in [5.41, 5.74) is 0. The standard InChI is InChI=1S/C4H2BrClO3S2/c5-3-2(6)1-10-4(3)11(7,8)9/h1H,(H,7,8,9). The minimum absolute atomic E-state index is 0.164. The summed E-state index contributed by atoms with van der Waals surface area (Å²) in [4.78, 5) is 0. The summed E-state index contributed by atoms with van der Waals surface area (Å²) >= 11 is 9.31. The van der Waals surface area contributed by atoms with Crippen molar-refractivity contribution in [2.75, 3.05) is 0 Å². The smallest absolute Gasteiger partial charge is 0.281 e. The minimum atomic E-state index is -4.13. The largest absolute Gasteiger partial charge is 0.305 e. The molecule has 1 aromatic heterocycles. The average Bonchev–Trinajstić information content (AvgIpc) is 2.11. The van der Waals surface area contributed by atoms with Crippen LogP contribution in [0.25, 0.3) is 0 Å². The molecule has 0 amide bonds. The van der Waals surface area contributed by atoms with Crippen molar-refractivity contribution < 1.29 is 13.0 Å². The first-order chi connectivity index (χ1) is 4.93. The maximum atomic E-state index is 10.5. The molecular weight excluding hydrogens is 276 g/mol. The van der Waals surface area contributed by atoms with E-state index in [0.29, 0.717) is 0 Å². The van der Waals surface area contributed by atoms with Gasteiger partial charge in [-0.25, -0.2) is 0 Å². The van der Waals surface area contributed by atoms with Gasteiger partial charge in [0.05, 0.1) is 9.50 Å². The third-order valence-corrected chi connectivity index (χ3v) is 5.26. The van der Waals surface area contributed by atoms with Crippen molar-refractivity contribution in [3.05, 3.63) is 14.9 Å². The lowest BCUT2D eigenvalue weighted by Crippen LogP contribution is -1.94. The van der Waals surface area contributed by atoms with Crippen molar-refractivity contribution in [3.63, 3.8) is 0 Å². The molecule has 0 atom stereocenters. The molecule has 1 heterocycles. The zero-order chi connectivity index (χ0) is 8.65. The Balaban J connectivity index is 3.38. The highest BCUT2D eigenvalue weighted by Crippen LogP contribution is 2.35. The van der Waals surface area contributed by atoms with Crippen LogP contribution < -0.4 is 0 Å². The Morgan fingerprint density at radius 1 is 1.64 bits per heavy atom. The van der Waals surface area contributed by atoms with Crippen molar-refractivity contribution in [2.45, 2.75) is 4.21 Å². The SMILES string of the molecule is O=S(=O)(O)c1scc(Cl)c1Br. The summed E-state index contributed by atoms with van der Waals surface area (Å²) in [5, 5.41) is 1.71. The van der Waals surface area contributed by atoms with Crippen LogP contribution in [0.1, 0.15) is 0 Å². The van der Waals surface area contributed by atoms with Crippen molar-refractivity contribution >= 4 is 49.0 Å². The second-order valence-electron chi connectivity index (χ2n) is 1.66. The van der Waals surface area contributed by atoms with Crippen LogP contribution in [0.4, 0.5) is 0 Å². The zero-order valence-electron chi connectivity index (χ0n) is 4.91. The van der Waals surface area contributed by atoms with Crippen LogP contribution in [0.2, 0.25) is 5.02 Å². The van der Waals surface area contributed by atoms with Gasteiger partial charge in [0.1, 0.15) is 0 Å². The molecule has 0 radical (unpaired) electrons. The second kappa shape index (κ2) is 3.02. The van der Waals surface area contributed by atoms with Gasteiger partial charge in [0.2, 0.25) is 0 Å². The highest BCUT2D eigenvalue weighted by molar-refractivity contribution is 9.10. The fraction of sp³-hybridized carbons (Fsp3) is 0. The zero-order valence-corrected chi connectivity index (χ0v) is 8.89. The lowest BCUT2D eigenvalue weighted by molar-refractivity contribution is 0.485. The molecule has 3 nitrogen and oxygen atoms in total. The Morgan fingerprint density at radius 3 is 2.36 bits per heavy atom. The Labute approximate surface area is 80.9 Å². The summed E-state index contributed by atoms with van der Waals surface area (Å²) in [6.45, 7) is 0. The fourth-order valence-electron chi connectivity index (χ4n) is 0.480. The van der Waals surface area contributed by atoms with E-state index in [2.05, 4.69) is 15.9 Å². The lowest BCUT2D eigenvalue weighted by Gasteiger charge is -1.90. The highest BCUT2D eigenvalue weighted by atomic mass is 79.9. The monoisotopic (exact) mass is 276 g/mol. The van der Waals surface area contributed by atoms with E-state index in [9.17, 15) is 8.42 Å². The van der Waals surface area contributed by atoms with E-state index in [1.54, 1.807) is 0 Å². The summed E-state index contributed by atoms with van der Waals surface area (Å²) < 4.78 is 29.7. The van der Waals surface area contributed by atoms with Crippen molar-refractivity contribution in [2.24, 2.45) is 0 Å². The molecule has 0 spiro atoms. The molecule has 0 fully saturated rings. The highest BCUT2D eigenvalue weighted by Gasteiger charge is 2.18. The molecule has 0 aliphatic carbocycles. The summed E-state index contributed by atoms with van der Waals surface area (Å²) in [7, 11) is -4.13. The molecule has 1 aromatic rings. The van der Waals surface area contributed by atoms with Crippen LogP contribution in [0.3, 0.4) is 0 Å². The molecule has 7 heteroatoms. The quantitative estimate of drug-likeness (QED) is 0.802. The van der Waals surface area contributed by atoms with Gasteiger partial charge < -0.3 is 0 Å². The van der Waals surface area contributed by atoms with Gasteiger partial charge in [0.25, 0.3) is 0 Å². The molecule has 0 saturated heterocycles. The molecule has 0 aliphatic rings. The maximum absolute atomic E-state index is 10.5. The minimum Gasteiger partial charge on any atom is -0.281 e. The topological polar surface area (TPSA) is 54.4 Å². The molecule has 0 aromatic carbocycles. The summed E-state index contributed by atoms with van der Waals surface area (Å²) in [6.07, 6.45) is 0. The van der Waals surface area contributed by atoms with Gasteiger partial charge in [-0.1, -0.05) is 11.6 Å². The number of rotatable bonds is 1. The first-order valence-electron chi connectivity index (χ1n) is 2.33. The van der Waals surface area contributed by atoms with Crippen LogP contribution in [-0.2, 0) is 10.1 Å². The molecule has 62 valence electrons. The predicted molar refractivity (Wildman–Crippen MR) is 46.8 cm³/mol. The molecule has 1 rings (SSSR count). The van der Waals surface area contributed by atoms with E-state index < -0.39 is 10.1 Å². The molecule has 0 bridgehead atoms. The third kappa shape index (κ3) is 1.94. The molecular formula is C4H2BrClO3S2. The van der Waals surface area contributed by atoms with E-state index in [-0.39, 0.29) is 13.7 Å². The van der Waals surface area contributed by atoms with Crippen molar-refractivity contribution in [1.82, 2.24) is 0 Å². The van der Waals surface area contributed by atoms with Crippen molar-refractivity contribution in [1.29, 1.82) is 0 Å². The van der Waals surface area contributed by atoms with Crippen LogP contribution in [-0.4, -0.2) is 13.0 Å². The number of thiophene rings is 1. The first-order valence-corrected chi connectivity index (χ1v) is 5.82. The van der Waals surface area contributed by atoms with Crippen LogP contribution in [0.15, 0.2) is 14.1 Å². The van der Waals surface area contributed by atoms with E-state index in [1.165, 1.54) is 5.38 Å². The van der Waals surface area contributed by atoms with E-state index in [1.807, 2.05) is 0 Å². The summed E-state index contributed by atoms with van der Waals surface area (Å²) in [6, 6.07) is 0. The van der Waals surface area contributed by atoms with E-state index >= 15 is 0 Å². The molecule has 0 aliphatic heterocycles. The molecule has 1 N–H and O–H groups in total. The van der Waals surface area contributed by atoms with Gasteiger partial charge in [-0.2, -0.15) is 8.42 Å². The van der Waals surface area contributed by atoms with Crippen LogP contribution in [0, 0.1) is 0 Å². The molecule has 0 unspecified atom stereocenters. The van der Waals surface area contributed by atoms with Crippen LogP contribution >= 0.6 is 38.9 Å². The molecule has 0 saturated carbocycles. The predicted octanol–water partition coefficient (Wildman–Crippen LogP) is 2.41. The van der Waals surface area contributed by atoms with Gasteiger partial charge >= 0.3 is 10.1 Å². The second-order valence-corrected chi connectivity index (χ2v) is 5.36.